The van der Waals surface area contributed by atoms with Crippen LogP contribution in [0.2, 0.25) is 0 Å². The Morgan fingerprint density at radius 2 is 2.13 bits per heavy atom. The average molecular weight is 351 g/mol. The summed E-state index contributed by atoms with van der Waals surface area (Å²) in [5.74, 6) is -0.0276. The van der Waals surface area contributed by atoms with Gasteiger partial charge >= 0.3 is 0 Å². The minimum Gasteiger partial charge on any atom is -0.360 e. The van der Waals surface area contributed by atoms with Gasteiger partial charge in [0.1, 0.15) is 0 Å². The van der Waals surface area contributed by atoms with Gasteiger partial charge in [-0.05, 0) is 38.8 Å². The molecule has 0 aliphatic heterocycles. The molecule has 0 fully saturated rings. The van der Waals surface area contributed by atoms with Crippen LogP contribution >= 0.6 is 23.1 Å². The van der Waals surface area contributed by atoms with Crippen molar-refractivity contribution in [1.29, 1.82) is 0 Å². The summed E-state index contributed by atoms with van der Waals surface area (Å²) in [5.41, 5.74) is 3.11. The fraction of sp³-hybridized carbons (Fsp3) is 0.438. The van der Waals surface area contributed by atoms with Gasteiger partial charge in [0.15, 0.2) is 4.34 Å². The highest BCUT2D eigenvalue weighted by molar-refractivity contribution is 8.02. The zero-order chi connectivity index (χ0) is 16.8. The van der Waals surface area contributed by atoms with E-state index in [1.54, 1.807) is 0 Å². The molecule has 0 saturated heterocycles. The molecule has 2 rings (SSSR count). The van der Waals surface area contributed by atoms with E-state index in [2.05, 4.69) is 33.8 Å². The van der Waals surface area contributed by atoms with E-state index in [9.17, 15) is 4.79 Å². The molecular weight excluding hydrogens is 328 g/mol. The maximum atomic E-state index is 12.3. The molecular formula is C16H22N4OS2. The van der Waals surface area contributed by atoms with Crippen LogP contribution in [0.1, 0.15) is 31.4 Å². The van der Waals surface area contributed by atoms with Crippen LogP contribution in [0.3, 0.4) is 0 Å². The van der Waals surface area contributed by atoms with E-state index in [0.29, 0.717) is 0 Å². The molecule has 1 aromatic heterocycles. The van der Waals surface area contributed by atoms with Crippen molar-refractivity contribution in [2.24, 2.45) is 0 Å². The SMILES string of the molecule is CCCNc1nnc(SC(C)C(=O)Nc2ccc(C)cc2C)s1. The number of hydrogen-bond acceptors (Lipinski definition) is 6. The zero-order valence-corrected chi connectivity index (χ0v) is 15.5. The summed E-state index contributed by atoms with van der Waals surface area (Å²) in [6, 6.07) is 6.00. The average Bonchev–Trinajstić information content (AvgIpc) is 2.95. The van der Waals surface area contributed by atoms with Crippen LogP contribution in [0.4, 0.5) is 10.8 Å². The molecule has 7 heteroatoms. The van der Waals surface area contributed by atoms with Crippen LogP contribution < -0.4 is 10.6 Å². The van der Waals surface area contributed by atoms with E-state index >= 15 is 0 Å². The predicted octanol–water partition coefficient (Wildman–Crippen LogP) is 4.10. The number of nitrogens with one attached hydrogen (secondary N) is 2. The highest BCUT2D eigenvalue weighted by Crippen LogP contribution is 2.29. The summed E-state index contributed by atoms with van der Waals surface area (Å²) in [6.07, 6.45) is 1.04. The van der Waals surface area contributed by atoms with Crippen molar-refractivity contribution >= 4 is 39.8 Å². The first-order chi connectivity index (χ1) is 11.0. The Morgan fingerprint density at radius 3 is 2.83 bits per heavy atom. The van der Waals surface area contributed by atoms with Crippen LogP contribution in [0.5, 0.6) is 0 Å². The largest absolute Gasteiger partial charge is 0.360 e. The van der Waals surface area contributed by atoms with Crippen molar-refractivity contribution in [1.82, 2.24) is 10.2 Å². The lowest BCUT2D eigenvalue weighted by Crippen LogP contribution is -2.22. The fourth-order valence-corrected chi connectivity index (χ4v) is 3.88. The minimum atomic E-state index is -0.234. The third kappa shape index (κ3) is 5.21. The van der Waals surface area contributed by atoms with Crippen molar-refractivity contribution in [3.8, 4) is 0 Å². The highest BCUT2D eigenvalue weighted by atomic mass is 32.2. The molecule has 0 spiro atoms. The third-order valence-electron chi connectivity index (χ3n) is 3.22. The molecule has 23 heavy (non-hydrogen) atoms. The molecule has 0 bridgehead atoms. The second kappa shape index (κ2) is 8.31. The van der Waals surface area contributed by atoms with Gasteiger partial charge in [-0.25, -0.2) is 0 Å². The molecule has 1 unspecified atom stereocenters. The number of aromatic nitrogens is 2. The van der Waals surface area contributed by atoms with E-state index in [4.69, 9.17) is 0 Å². The molecule has 2 N–H and O–H groups in total. The number of rotatable bonds is 7. The third-order valence-corrected chi connectivity index (χ3v) is 5.28. The number of carbonyl (C=O) groups excluding carboxylic acids is 1. The van der Waals surface area contributed by atoms with Crippen LogP contribution in [0.25, 0.3) is 0 Å². The Morgan fingerprint density at radius 1 is 1.35 bits per heavy atom. The smallest absolute Gasteiger partial charge is 0.237 e. The van der Waals surface area contributed by atoms with E-state index < -0.39 is 0 Å². The first-order valence-corrected chi connectivity index (χ1v) is 9.31. The number of benzene rings is 1. The van der Waals surface area contributed by atoms with Crippen molar-refractivity contribution in [3.05, 3.63) is 29.3 Å². The minimum absolute atomic E-state index is 0.0276. The van der Waals surface area contributed by atoms with Crippen LogP contribution in [0, 0.1) is 13.8 Å². The summed E-state index contributed by atoms with van der Waals surface area (Å²) in [7, 11) is 0. The lowest BCUT2D eigenvalue weighted by molar-refractivity contribution is -0.115. The molecule has 0 radical (unpaired) electrons. The van der Waals surface area contributed by atoms with Gasteiger partial charge in [0.05, 0.1) is 5.25 Å². The summed E-state index contributed by atoms with van der Waals surface area (Å²) in [6.45, 7) is 8.89. The maximum Gasteiger partial charge on any atom is 0.237 e. The monoisotopic (exact) mass is 350 g/mol. The second-order valence-electron chi connectivity index (χ2n) is 5.37. The number of thioether (sulfide) groups is 1. The second-order valence-corrected chi connectivity index (χ2v) is 7.93. The standard InChI is InChI=1S/C16H22N4OS2/c1-5-8-17-15-19-20-16(23-15)22-12(4)14(21)18-13-7-6-10(2)9-11(13)3/h6-7,9,12H,5,8H2,1-4H3,(H,17,19)(H,18,21). The van der Waals surface area contributed by atoms with E-state index in [-0.39, 0.29) is 11.2 Å². The molecule has 2 aromatic rings. The lowest BCUT2D eigenvalue weighted by Gasteiger charge is -2.12. The molecule has 124 valence electrons. The van der Waals surface area contributed by atoms with Gasteiger partial charge in [-0.1, -0.05) is 47.7 Å². The summed E-state index contributed by atoms with van der Waals surface area (Å²) >= 11 is 2.91. The maximum absolute atomic E-state index is 12.3. The van der Waals surface area contributed by atoms with Gasteiger partial charge in [-0.2, -0.15) is 0 Å². The Hall–Kier alpha value is -1.60. The summed E-state index contributed by atoms with van der Waals surface area (Å²) in [4.78, 5) is 12.3. The van der Waals surface area contributed by atoms with Crippen LogP contribution in [0.15, 0.2) is 22.5 Å². The van der Waals surface area contributed by atoms with Gasteiger partial charge in [-0.3, -0.25) is 4.79 Å². The molecule has 1 heterocycles. The Kier molecular flexibility index (Phi) is 6.41. The number of carbonyl (C=O) groups is 1. The Balaban J connectivity index is 1.93. The first kappa shape index (κ1) is 17.7. The Labute approximate surface area is 145 Å². The van der Waals surface area contributed by atoms with Crippen LogP contribution in [-0.4, -0.2) is 27.9 Å². The quantitative estimate of drug-likeness (QED) is 0.736. The zero-order valence-electron chi connectivity index (χ0n) is 13.8. The number of anilines is 2. The predicted molar refractivity (Wildman–Crippen MR) is 98.6 cm³/mol. The molecule has 1 atom stereocenters. The van der Waals surface area contributed by atoms with Crippen molar-refractivity contribution < 1.29 is 4.79 Å². The van der Waals surface area contributed by atoms with Crippen molar-refractivity contribution in [2.45, 2.75) is 43.7 Å². The number of aryl methyl sites for hydroxylation is 2. The van der Waals surface area contributed by atoms with E-state index in [1.807, 2.05) is 32.9 Å². The summed E-state index contributed by atoms with van der Waals surface area (Å²) in [5, 5.41) is 14.9. The number of nitrogens with zero attached hydrogens (tertiary/aromatic N) is 2. The number of hydrogen-bond donors (Lipinski definition) is 2. The van der Waals surface area contributed by atoms with E-state index in [1.165, 1.54) is 28.7 Å². The van der Waals surface area contributed by atoms with Crippen molar-refractivity contribution in [3.63, 3.8) is 0 Å². The van der Waals surface area contributed by atoms with Gasteiger partial charge in [0.25, 0.3) is 0 Å². The molecule has 0 aliphatic carbocycles. The highest BCUT2D eigenvalue weighted by Gasteiger charge is 2.18. The van der Waals surface area contributed by atoms with Gasteiger partial charge in [0.2, 0.25) is 11.0 Å². The van der Waals surface area contributed by atoms with Gasteiger partial charge in [0, 0.05) is 12.2 Å². The Bertz CT molecular complexity index is 672. The topological polar surface area (TPSA) is 66.9 Å². The molecule has 5 nitrogen and oxygen atoms in total. The van der Waals surface area contributed by atoms with Crippen LogP contribution in [-0.2, 0) is 4.79 Å². The molecule has 1 amide bonds. The molecule has 1 aromatic carbocycles. The number of amides is 1. The normalized spacial score (nSPS) is 12.0. The van der Waals surface area contributed by atoms with Gasteiger partial charge < -0.3 is 10.6 Å². The molecule has 0 saturated carbocycles. The summed E-state index contributed by atoms with van der Waals surface area (Å²) < 4.78 is 0.798. The van der Waals surface area contributed by atoms with E-state index in [0.717, 1.165) is 33.7 Å². The van der Waals surface area contributed by atoms with Gasteiger partial charge in [-0.15, -0.1) is 10.2 Å². The molecule has 0 aliphatic rings. The lowest BCUT2D eigenvalue weighted by atomic mass is 10.1. The first-order valence-electron chi connectivity index (χ1n) is 7.61. The fourth-order valence-electron chi connectivity index (χ4n) is 1.95. The van der Waals surface area contributed by atoms with Crippen molar-refractivity contribution in [2.75, 3.05) is 17.2 Å².